The van der Waals surface area contributed by atoms with Crippen LogP contribution >= 0.6 is 0 Å². The minimum absolute atomic E-state index is 0.155. The molecule has 3 heteroatoms. The molecular weight excluding hydrogens is 186 g/mol. The summed E-state index contributed by atoms with van der Waals surface area (Å²) in [5, 5.41) is 12.5. The molecule has 1 rings (SSSR count). The topological polar surface area (TPSA) is 39.1 Å². The fourth-order valence-corrected chi connectivity index (χ4v) is 1.90. The van der Waals surface area contributed by atoms with Gasteiger partial charge >= 0.3 is 0 Å². The average molecular weight is 209 g/mol. The molecule has 0 bridgehead atoms. The second-order valence-corrected chi connectivity index (χ2v) is 5.36. The molecule has 1 aliphatic carbocycles. The zero-order chi connectivity index (χ0) is 11.5. The molecule has 0 aromatic carbocycles. The quantitative estimate of drug-likeness (QED) is 0.764. The SMILES string of the molecule is CN(C)C(C)(C)CNC1CCCC1C#N. The maximum absolute atomic E-state index is 8.97. The van der Waals surface area contributed by atoms with Crippen LogP contribution in [-0.4, -0.2) is 37.1 Å². The first-order chi connectivity index (χ1) is 6.97. The van der Waals surface area contributed by atoms with E-state index in [1.807, 2.05) is 0 Å². The molecule has 0 radical (unpaired) electrons. The Kier molecular flexibility index (Phi) is 4.12. The van der Waals surface area contributed by atoms with Gasteiger partial charge in [-0.3, -0.25) is 0 Å². The van der Waals surface area contributed by atoms with Gasteiger partial charge in [-0.05, 0) is 40.8 Å². The molecule has 0 spiro atoms. The lowest BCUT2D eigenvalue weighted by Gasteiger charge is -2.34. The van der Waals surface area contributed by atoms with Crippen molar-refractivity contribution >= 4 is 0 Å². The molecule has 1 aliphatic rings. The Hall–Kier alpha value is -0.590. The van der Waals surface area contributed by atoms with Crippen molar-refractivity contribution in [3.05, 3.63) is 0 Å². The number of nitriles is 1. The number of nitrogens with one attached hydrogen (secondary N) is 1. The third-order valence-electron chi connectivity index (χ3n) is 3.69. The Bertz CT molecular complexity index is 240. The number of nitrogens with zero attached hydrogens (tertiary/aromatic N) is 2. The molecule has 0 aromatic heterocycles. The van der Waals surface area contributed by atoms with Gasteiger partial charge in [0.2, 0.25) is 0 Å². The van der Waals surface area contributed by atoms with E-state index in [-0.39, 0.29) is 11.5 Å². The van der Waals surface area contributed by atoms with Crippen molar-refractivity contribution < 1.29 is 0 Å². The second kappa shape index (κ2) is 4.96. The predicted octanol–water partition coefficient (Wildman–Crippen LogP) is 1.61. The Morgan fingerprint density at radius 3 is 2.60 bits per heavy atom. The molecule has 0 saturated heterocycles. The molecule has 0 heterocycles. The van der Waals surface area contributed by atoms with Gasteiger partial charge in [-0.2, -0.15) is 5.26 Å². The van der Waals surface area contributed by atoms with E-state index in [0.29, 0.717) is 6.04 Å². The summed E-state index contributed by atoms with van der Waals surface area (Å²) in [5.74, 6) is 0.225. The molecular formula is C12H23N3. The lowest BCUT2D eigenvalue weighted by molar-refractivity contribution is 0.182. The molecule has 2 unspecified atom stereocenters. The highest BCUT2D eigenvalue weighted by Gasteiger charge is 2.29. The summed E-state index contributed by atoms with van der Waals surface area (Å²) in [6.07, 6.45) is 3.41. The van der Waals surface area contributed by atoms with Crippen LogP contribution in [0.25, 0.3) is 0 Å². The zero-order valence-electron chi connectivity index (χ0n) is 10.4. The Labute approximate surface area is 93.5 Å². The van der Waals surface area contributed by atoms with E-state index in [1.165, 1.54) is 6.42 Å². The van der Waals surface area contributed by atoms with Crippen LogP contribution in [0.1, 0.15) is 33.1 Å². The minimum Gasteiger partial charge on any atom is -0.311 e. The summed E-state index contributed by atoms with van der Waals surface area (Å²) in [5.41, 5.74) is 0.155. The lowest BCUT2D eigenvalue weighted by Crippen LogP contribution is -2.49. The molecule has 1 fully saturated rings. The van der Waals surface area contributed by atoms with Gasteiger partial charge in [0.1, 0.15) is 0 Å². The van der Waals surface area contributed by atoms with Crippen LogP contribution in [0.5, 0.6) is 0 Å². The molecule has 15 heavy (non-hydrogen) atoms. The number of hydrogen-bond acceptors (Lipinski definition) is 3. The molecule has 3 nitrogen and oxygen atoms in total. The van der Waals surface area contributed by atoms with Gasteiger partial charge in [0.05, 0.1) is 12.0 Å². The van der Waals surface area contributed by atoms with Crippen LogP contribution in [0.3, 0.4) is 0 Å². The highest BCUT2D eigenvalue weighted by atomic mass is 15.2. The van der Waals surface area contributed by atoms with E-state index in [2.05, 4.69) is 44.2 Å². The Morgan fingerprint density at radius 1 is 1.40 bits per heavy atom. The molecule has 0 amide bonds. The van der Waals surface area contributed by atoms with Crippen molar-refractivity contribution in [1.82, 2.24) is 10.2 Å². The van der Waals surface area contributed by atoms with E-state index in [4.69, 9.17) is 5.26 Å². The molecule has 0 aromatic rings. The van der Waals surface area contributed by atoms with E-state index in [0.717, 1.165) is 19.4 Å². The molecule has 0 aliphatic heterocycles. The third-order valence-corrected chi connectivity index (χ3v) is 3.69. The summed E-state index contributed by atoms with van der Waals surface area (Å²) in [7, 11) is 4.19. The van der Waals surface area contributed by atoms with Gasteiger partial charge in [-0.1, -0.05) is 6.42 Å². The molecule has 2 atom stereocenters. The summed E-state index contributed by atoms with van der Waals surface area (Å²) in [4.78, 5) is 2.22. The van der Waals surface area contributed by atoms with E-state index >= 15 is 0 Å². The highest BCUT2D eigenvalue weighted by molar-refractivity contribution is 4.97. The second-order valence-electron chi connectivity index (χ2n) is 5.36. The third kappa shape index (κ3) is 3.19. The largest absolute Gasteiger partial charge is 0.311 e. The van der Waals surface area contributed by atoms with Crippen LogP contribution in [0.15, 0.2) is 0 Å². The van der Waals surface area contributed by atoms with Gasteiger partial charge in [0.15, 0.2) is 0 Å². The van der Waals surface area contributed by atoms with Gasteiger partial charge in [-0.25, -0.2) is 0 Å². The fourth-order valence-electron chi connectivity index (χ4n) is 1.90. The maximum atomic E-state index is 8.97. The Morgan fingerprint density at radius 2 is 2.07 bits per heavy atom. The first-order valence-electron chi connectivity index (χ1n) is 5.78. The Balaban J connectivity index is 2.40. The number of rotatable bonds is 4. The first kappa shape index (κ1) is 12.5. The van der Waals surface area contributed by atoms with E-state index in [9.17, 15) is 0 Å². The van der Waals surface area contributed by atoms with Crippen molar-refractivity contribution in [3.63, 3.8) is 0 Å². The summed E-state index contributed by atoms with van der Waals surface area (Å²) in [6.45, 7) is 5.38. The number of likely N-dealkylation sites (N-methyl/N-ethyl adjacent to an activating group) is 1. The van der Waals surface area contributed by atoms with Crippen LogP contribution < -0.4 is 5.32 Å². The van der Waals surface area contributed by atoms with Gasteiger partial charge in [-0.15, -0.1) is 0 Å². The van der Waals surface area contributed by atoms with Gasteiger partial charge in [0.25, 0.3) is 0 Å². The minimum atomic E-state index is 0.155. The van der Waals surface area contributed by atoms with E-state index < -0.39 is 0 Å². The van der Waals surface area contributed by atoms with Crippen LogP contribution in [0.4, 0.5) is 0 Å². The smallest absolute Gasteiger partial charge is 0.0672 e. The normalized spacial score (nSPS) is 26.9. The monoisotopic (exact) mass is 209 g/mol. The average Bonchev–Trinajstić information content (AvgIpc) is 2.61. The van der Waals surface area contributed by atoms with Crippen LogP contribution in [0, 0.1) is 17.2 Å². The number of hydrogen-bond donors (Lipinski definition) is 1. The maximum Gasteiger partial charge on any atom is 0.0672 e. The highest BCUT2D eigenvalue weighted by Crippen LogP contribution is 2.25. The predicted molar refractivity (Wildman–Crippen MR) is 62.5 cm³/mol. The van der Waals surface area contributed by atoms with Gasteiger partial charge < -0.3 is 10.2 Å². The zero-order valence-corrected chi connectivity index (χ0v) is 10.4. The van der Waals surface area contributed by atoms with Crippen LogP contribution in [-0.2, 0) is 0 Å². The standard InChI is InChI=1S/C12H23N3/c1-12(2,15(3)4)9-14-11-7-5-6-10(11)8-13/h10-11,14H,5-7,9H2,1-4H3. The van der Waals surface area contributed by atoms with Gasteiger partial charge in [0, 0.05) is 18.1 Å². The van der Waals surface area contributed by atoms with Crippen LogP contribution in [0.2, 0.25) is 0 Å². The van der Waals surface area contributed by atoms with Crippen molar-refractivity contribution in [2.45, 2.75) is 44.7 Å². The van der Waals surface area contributed by atoms with Crippen molar-refractivity contribution in [2.75, 3.05) is 20.6 Å². The summed E-state index contributed by atoms with van der Waals surface area (Å²) >= 11 is 0. The summed E-state index contributed by atoms with van der Waals surface area (Å²) < 4.78 is 0. The molecule has 86 valence electrons. The van der Waals surface area contributed by atoms with E-state index in [1.54, 1.807) is 0 Å². The van der Waals surface area contributed by atoms with Crippen molar-refractivity contribution in [2.24, 2.45) is 5.92 Å². The lowest BCUT2D eigenvalue weighted by atomic mass is 10.0. The molecule has 1 saturated carbocycles. The van der Waals surface area contributed by atoms with Crippen molar-refractivity contribution in [3.8, 4) is 6.07 Å². The van der Waals surface area contributed by atoms with Crippen molar-refractivity contribution in [1.29, 1.82) is 5.26 Å². The fraction of sp³-hybridized carbons (Fsp3) is 0.917. The molecule has 1 N–H and O–H groups in total. The first-order valence-corrected chi connectivity index (χ1v) is 5.78. The summed E-state index contributed by atoms with van der Waals surface area (Å²) in [6, 6.07) is 2.81.